The number of carboxylic acids is 1. The number of anilines is 1. The van der Waals surface area contributed by atoms with Gasteiger partial charge in [0.15, 0.2) is 0 Å². The van der Waals surface area contributed by atoms with E-state index in [2.05, 4.69) is 10.6 Å². The van der Waals surface area contributed by atoms with Crippen molar-refractivity contribution in [2.45, 2.75) is 23.6 Å². The third-order valence-corrected chi connectivity index (χ3v) is 5.75. The predicted octanol–water partition coefficient (Wildman–Crippen LogP) is 2.17. The first kappa shape index (κ1) is 22.0. The summed E-state index contributed by atoms with van der Waals surface area (Å²) in [6.45, 7) is 1.78. The number of nitrogens with zero attached hydrogens (tertiary/aromatic N) is 1. The number of hydrogen-bond donors (Lipinski definition) is 4. The van der Waals surface area contributed by atoms with E-state index in [-0.39, 0.29) is 16.3 Å². The Kier molecular flexibility index (Phi) is 6.65. The van der Waals surface area contributed by atoms with Gasteiger partial charge in [0.1, 0.15) is 17.1 Å². The summed E-state index contributed by atoms with van der Waals surface area (Å²) in [6, 6.07) is 10.6. The van der Waals surface area contributed by atoms with Crippen LogP contribution in [0.15, 0.2) is 56.8 Å². The summed E-state index contributed by atoms with van der Waals surface area (Å²) < 4.78 is 11.5. The molecule has 0 radical (unpaired) electrons. The van der Waals surface area contributed by atoms with Gasteiger partial charge in [0.05, 0.1) is 12.4 Å². The van der Waals surface area contributed by atoms with Gasteiger partial charge in [-0.25, -0.2) is 9.59 Å². The lowest BCUT2D eigenvalue weighted by molar-refractivity contribution is -0.704. The van der Waals surface area contributed by atoms with Crippen molar-refractivity contribution in [1.29, 1.82) is 0 Å². The second kappa shape index (κ2) is 9.39. The van der Waals surface area contributed by atoms with E-state index in [9.17, 15) is 19.5 Å². The maximum Gasteiger partial charge on any atom is 0.442 e. The maximum atomic E-state index is 12.8. The van der Waals surface area contributed by atoms with Gasteiger partial charge in [0, 0.05) is 17.8 Å². The fraction of sp³-hybridized carbons (Fsp3) is 0.200. The van der Waals surface area contributed by atoms with Crippen LogP contribution in [-0.2, 0) is 4.79 Å². The fourth-order valence-electron chi connectivity index (χ4n) is 2.73. The van der Waals surface area contributed by atoms with Gasteiger partial charge in [0.2, 0.25) is 11.6 Å². The van der Waals surface area contributed by atoms with Gasteiger partial charge < -0.3 is 20.3 Å². The van der Waals surface area contributed by atoms with Crippen LogP contribution in [0.5, 0.6) is 11.5 Å². The molecule has 10 nitrogen and oxygen atoms in total. The molecule has 11 heteroatoms. The molecule has 0 saturated heterocycles. The lowest BCUT2D eigenvalue weighted by Crippen LogP contribution is -2.37. The van der Waals surface area contributed by atoms with E-state index >= 15 is 0 Å². The van der Waals surface area contributed by atoms with Crippen LogP contribution in [0.4, 0.5) is 5.69 Å². The smallest absolute Gasteiger partial charge is 0.442 e. The first-order chi connectivity index (χ1) is 14.8. The molecule has 162 valence electrons. The van der Waals surface area contributed by atoms with Crippen LogP contribution >= 0.6 is 11.8 Å². The third-order valence-electron chi connectivity index (χ3n) is 4.35. The molecule has 2 aromatic carbocycles. The second-order valence-corrected chi connectivity index (χ2v) is 7.55. The Labute approximate surface area is 180 Å². The van der Waals surface area contributed by atoms with Gasteiger partial charge in [-0.2, -0.15) is 0 Å². The summed E-state index contributed by atoms with van der Waals surface area (Å²) in [5.74, 6) is -1.51. The topological polar surface area (TPSA) is 146 Å². The minimum Gasteiger partial charge on any atom is -0.507 e. The SMILES string of the molecule is CCC(Sc1c(=O)o[nH][n+]1-c1ccc(OC)cc1)C(=O)Nc1ccc(O)c(C(=O)O)c1. The van der Waals surface area contributed by atoms with Gasteiger partial charge in [-0.05, 0) is 58.5 Å². The summed E-state index contributed by atoms with van der Waals surface area (Å²) in [5.41, 5.74) is -0.149. The zero-order chi connectivity index (χ0) is 22.5. The fourth-order valence-corrected chi connectivity index (χ4v) is 3.72. The van der Waals surface area contributed by atoms with E-state index in [1.54, 1.807) is 38.3 Å². The molecule has 1 aromatic heterocycles. The van der Waals surface area contributed by atoms with Crippen LogP contribution < -0.4 is 20.4 Å². The average Bonchev–Trinajstić information content (AvgIpc) is 3.13. The Balaban J connectivity index is 1.82. The molecular weight excluding hydrogens is 426 g/mol. The van der Waals surface area contributed by atoms with E-state index in [1.807, 2.05) is 0 Å². The zero-order valence-corrected chi connectivity index (χ0v) is 17.4. The normalized spacial score (nSPS) is 11.7. The number of aromatic amines is 1. The molecule has 0 aliphatic rings. The first-order valence-electron chi connectivity index (χ1n) is 9.15. The number of methoxy groups -OCH3 is 1. The number of benzene rings is 2. The van der Waals surface area contributed by atoms with E-state index in [4.69, 9.17) is 14.4 Å². The molecule has 0 aliphatic carbocycles. The standard InChI is InChI=1S/C20H19N3O7S/c1-3-16(17(25)21-11-4-9-15(24)14(10-11)19(26)27)31-18-20(28)30-22-23(18)12-5-7-13(29-2)8-6-12/h4-10,16,22H,3H2,1-2H3,(H2,26,27,28)/p+1. The number of aromatic carboxylic acids is 1. The maximum absolute atomic E-state index is 12.8. The van der Waals surface area contributed by atoms with E-state index in [1.165, 1.54) is 16.8 Å². The monoisotopic (exact) mass is 446 g/mol. The molecule has 0 aliphatic heterocycles. The van der Waals surface area contributed by atoms with E-state index in [0.717, 1.165) is 17.8 Å². The van der Waals surface area contributed by atoms with Crippen LogP contribution in [0.3, 0.4) is 0 Å². The number of hydrogen-bond acceptors (Lipinski definition) is 7. The third kappa shape index (κ3) is 4.89. The quantitative estimate of drug-likeness (QED) is 0.234. The van der Waals surface area contributed by atoms with Crippen molar-refractivity contribution >= 4 is 29.3 Å². The van der Waals surface area contributed by atoms with Crippen LogP contribution in [0.2, 0.25) is 0 Å². The van der Waals surface area contributed by atoms with Crippen LogP contribution in [0.25, 0.3) is 5.69 Å². The van der Waals surface area contributed by atoms with Crippen molar-refractivity contribution in [2.24, 2.45) is 0 Å². The summed E-state index contributed by atoms with van der Waals surface area (Å²) in [5, 5.41) is 23.4. The summed E-state index contributed by atoms with van der Waals surface area (Å²) in [6.07, 6.45) is 0.383. The Bertz CT molecular complexity index is 1150. The molecule has 1 atom stereocenters. The summed E-state index contributed by atoms with van der Waals surface area (Å²) in [7, 11) is 1.54. The van der Waals surface area contributed by atoms with Crippen molar-refractivity contribution in [3.63, 3.8) is 0 Å². The highest BCUT2D eigenvalue weighted by molar-refractivity contribution is 8.00. The first-order valence-corrected chi connectivity index (χ1v) is 10.0. The Morgan fingerprint density at radius 1 is 1.26 bits per heavy atom. The molecule has 0 bridgehead atoms. The Morgan fingerprint density at radius 3 is 2.58 bits per heavy atom. The molecule has 3 aromatic rings. The number of carbonyl (C=O) groups is 2. The number of nitrogens with one attached hydrogen (secondary N) is 2. The molecular formula is C20H20N3O7S+. The number of amides is 1. The second-order valence-electron chi connectivity index (χ2n) is 6.36. The Hall–Kier alpha value is -3.73. The predicted molar refractivity (Wildman–Crippen MR) is 111 cm³/mol. The van der Waals surface area contributed by atoms with Crippen molar-refractivity contribution in [3.05, 3.63) is 58.4 Å². The summed E-state index contributed by atoms with van der Waals surface area (Å²) in [4.78, 5) is 36.2. The molecule has 0 spiro atoms. The number of rotatable bonds is 8. The molecule has 31 heavy (non-hydrogen) atoms. The molecule has 1 heterocycles. The average molecular weight is 446 g/mol. The highest BCUT2D eigenvalue weighted by Gasteiger charge is 2.30. The van der Waals surface area contributed by atoms with Gasteiger partial charge in [0.25, 0.3) is 0 Å². The van der Waals surface area contributed by atoms with Crippen LogP contribution in [0.1, 0.15) is 23.7 Å². The van der Waals surface area contributed by atoms with Crippen molar-refractivity contribution in [3.8, 4) is 17.2 Å². The molecule has 4 N–H and O–H groups in total. The van der Waals surface area contributed by atoms with Crippen LogP contribution in [-0.4, -0.2) is 39.7 Å². The molecule has 1 amide bonds. The van der Waals surface area contributed by atoms with Gasteiger partial charge >= 0.3 is 16.6 Å². The number of aromatic nitrogens is 2. The van der Waals surface area contributed by atoms with Crippen molar-refractivity contribution in [1.82, 2.24) is 5.27 Å². The van der Waals surface area contributed by atoms with E-state index in [0.29, 0.717) is 17.9 Å². The highest BCUT2D eigenvalue weighted by Crippen LogP contribution is 2.25. The number of phenols is 1. The van der Waals surface area contributed by atoms with Gasteiger partial charge in [-0.3, -0.25) is 9.32 Å². The minimum atomic E-state index is -1.32. The largest absolute Gasteiger partial charge is 0.507 e. The van der Waals surface area contributed by atoms with Gasteiger partial charge in [-0.15, -0.1) is 0 Å². The zero-order valence-electron chi connectivity index (χ0n) is 16.6. The lowest BCUT2D eigenvalue weighted by Gasteiger charge is -2.13. The number of carbonyl (C=O) groups excluding carboxylic acids is 1. The lowest BCUT2D eigenvalue weighted by atomic mass is 10.1. The number of thioether (sulfide) groups is 1. The van der Waals surface area contributed by atoms with Crippen molar-refractivity contribution in [2.75, 3.05) is 12.4 Å². The van der Waals surface area contributed by atoms with E-state index < -0.39 is 28.5 Å². The van der Waals surface area contributed by atoms with Gasteiger partial charge in [-0.1, -0.05) is 6.92 Å². The highest BCUT2D eigenvalue weighted by atomic mass is 32.2. The molecule has 0 fully saturated rings. The Morgan fingerprint density at radius 2 is 1.97 bits per heavy atom. The number of carboxylic acid groups (broad SMARTS) is 1. The molecule has 3 rings (SSSR count). The van der Waals surface area contributed by atoms with Crippen LogP contribution in [0, 0.1) is 0 Å². The number of H-pyrrole nitrogens is 1. The molecule has 1 unspecified atom stereocenters. The minimum absolute atomic E-state index is 0.170. The number of ether oxygens (including phenoxy) is 1. The summed E-state index contributed by atoms with van der Waals surface area (Å²) >= 11 is 1.01. The molecule has 0 saturated carbocycles. The van der Waals surface area contributed by atoms with Crippen molar-refractivity contribution < 1.29 is 33.7 Å². The number of aromatic hydroxyl groups is 1.